The summed E-state index contributed by atoms with van der Waals surface area (Å²) >= 11 is 0. The lowest BCUT2D eigenvalue weighted by Gasteiger charge is -2.19. The molecule has 0 atom stereocenters. The number of hydrogen-bond donors (Lipinski definition) is 2. The SMILES string of the molecule is CC(C)(N)Cc1cc(CN)[c]cc1C#N. The fraction of sp³-hybridized carbons (Fsp3) is 0.417. The van der Waals surface area contributed by atoms with Gasteiger partial charge in [0, 0.05) is 12.1 Å². The van der Waals surface area contributed by atoms with Crippen LogP contribution in [-0.4, -0.2) is 5.54 Å². The molecule has 1 aromatic carbocycles. The van der Waals surface area contributed by atoms with Gasteiger partial charge in [-0.2, -0.15) is 5.26 Å². The van der Waals surface area contributed by atoms with Crippen LogP contribution in [0.25, 0.3) is 0 Å². The number of benzene rings is 1. The van der Waals surface area contributed by atoms with Gasteiger partial charge in [0.15, 0.2) is 0 Å². The van der Waals surface area contributed by atoms with Crippen LogP contribution in [0.15, 0.2) is 12.1 Å². The maximum Gasteiger partial charge on any atom is 0.0994 e. The first-order valence-corrected chi connectivity index (χ1v) is 4.89. The Balaban J connectivity index is 3.08. The van der Waals surface area contributed by atoms with Crippen molar-refractivity contribution in [3.8, 4) is 6.07 Å². The van der Waals surface area contributed by atoms with E-state index < -0.39 is 0 Å². The molecular formula is C12H16N3. The molecule has 1 radical (unpaired) electrons. The molecule has 3 heteroatoms. The third kappa shape index (κ3) is 3.35. The number of hydrogen-bond acceptors (Lipinski definition) is 3. The van der Waals surface area contributed by atoms with Crippen LogP contribution >= 0.6 is 0 Å². The minimum atomic E-state index is -0.321. The smallest absolute Gasteiger partial charge is 0.0994 e. The van der Waals surface area contributed by atoms with Crippen molar-refractivity contribution in [1.82, 2.24) is 0 Å². The average Bonchev–Trinajstić information content (AvgIpc) is 2.15. The zero-order valence-electron chi connectivity index (χ0n) is 9.17. The molecule has 79 valence electrons. The minimum Gasteiger partial charge on any atom is -0.326 e. The first-order valence-electron chi connectivity index (χ1n) is 4.89. The molecule has 15 heavy (non-hydrogen) atoms. The highest BCUT2D eigenvalue weighted by Gasteiger charge is 2.14. The minimum absolute atomic E-state index is 0.321. The van der Waals surface area contributed by atoms with Crippen molar-refractivity contribution in [1.29, 1.82) is 5.26 Å². The lowest BCUT2D eigenvalue weighted by Crippen LogP contribution is -2.34. The molecule has 1 rings (SSSR count). The molecule has 0 spiro atoms. The summed E-state index contributed by atoms with van der Waals surface area (Å²) in [6.45, 7) is 4.31. The van der Waals surface area contributed by atoms with Crippen molar-refractivity contribution in [2.75, 3.05) is 0 Å². The Kier molecular flexibility index (Phi) is 3.46. The Bertz CT molecular complexity index is 383. The van der Waals surface area contributed by atoms with Crippen LogP contribution < -0.4 is 11.5 Å². The van der Waals surface area contributed by atoms with Crippen molar-refractivity contribution >= 4 is 0 Å². The maximum atomic E-state index is 8.94. The molecule has 0 bridgehead atoms. The van der Waals surface area contributed by atoms with Crippen LogP contribution in [0.3, 0.4) is 0 Å². The number of nitrogens with two attached hydrogens (primary N) is 2. The normalized spacial score (nSPS) is 11.1. The van der Waals surface area contributed by atoms with Gasteiger partial charge in [0.25, 0.3) is 0 Å². The van der Waals surface area contributed by atoms with Gasteiger partial charge < -0.3 is 11.5 Å². The monoisotopic (exact) mass is 202 g/mol. The molecule has 0 saturated heterocycles. The fourth-order valence-corrected chi connectivity index (χ4v) is 1.45. The molecule has 4 N–H and O–H groups in total. The van der Waals surface area contributed by atoms with E-state index >= 15 is 0 Å². The van der Waals surface area contributed by atoms with Gasteiger partial charge in [-0.25, -0.2) is 0 Å². The summed E-state index contributed by atoms with van der Waals surface area (Å²) in [5.41, 5.74) is 13.6. The molecule has 0 aliphatic heterocycles. The van der Waals surface area contributed by atoms with Crippen molar-refractivity contribution in [2.24, 2.45) is 11.5 Å². The van der Waals surface area contributed by atoms with E-state index in [1.807, 2.05) is 19.9 Å². The number of rotatable bonds is 3. The van der Waals surface area contributed by atoms with E-state index in [1.54, 1.807) is 6.07 Å². The van der Waals surface area contributed by atoms with Gasteiger partial charge in [0.05, 0.1) is 11.6 Å². The third-order valence-electron chi connectivity index (χ3n) is 2.08. The molecule has 0 aliphatic rings. The van der Waals surface area contributed by atoms with E-state index in [4.69, 9.17) is 16.7 Å². The van der Waals surface area contributed by atoms with Gasteiger partial charge in [-0.15, -0.1) is 0 Å². The summed E-state index contributed by atoms with van der Waals surface area (Å²) in [5.74, 6) is 0. The van der Waals surface area contributed by atoms with Crippen LogP contribution in [0.4, 0.5) is 0 Å². The number of nitriles is 1. The Hall–Kier alpha value is -1.37. The third-order valence-corrected chi connectivity index (χ3v) is 2.08. The highest BCUT2D eigenvalue weighted by atomic mass is 14.7. The molecule has 0 unspecified atom stereocenters. The second-order valence-corrected chi connectivity index (χ2v) is 4.38. The van der Waals surface area contributed by atoms with Crippen LogP contribution in [0.2, 0.25) is 0 Å². The maximum absolute atomic E-state index is 8.94. The van der Waals surface area contributed by atoms with E-state index in [-0.39, 0.29) is 5.54 Å². The Morgan fingerprint density at radius 1 is 1.53 bits per heavy atom. The molecule has 0 heterocycles. The molecular weight excluding hydrogens is 186 g/mol. The Morgan fingerprint density at radius 3 is 2.67 bits per heavy atom. The van der Waals surface area contributed by atoms with Gasteiger partial charge in [0.2, 0.25) is 0 Å². The number of nitrogens with zero attached hydrogens (tertiary/aromatic N) is 1. The summed E-state index contributed by atoms with van der Waals surface area (Å²) < 4.78 is 0. The summed E-state index contributed by atoms with van der Waals surface area (Å²) in [5, 5.41) is 8.94. The molecule has 1 aromatic rings. The van der Waals surface area contributed by atoms with Crippen LogP contribution in [-0.2, 0) is 13.0 Å². The zero-order valence-corrected chi connectivity index (χ0v) is 9.17. The summed E-state index contributed by atoms with van der Waals surface area (Å²) in [6, 6.07) is 8.71. The first kappa shape index (κ1) is 11.7. The average molecular weight is 202 g/mol. The van der Waals surface area contributed by atoms with Crippen molar-refractivity contribution in [3.05, 3.63) is 34.9 Å². The summed E-state index contributed by atoms with van der Waals surface area (Å²) in [7, 11) is 0. The Labute approximate surface area is 90.7 Å². The quantitative estimate of drug-likeness (QED) is 0.770. The van der Waals surface area contributed by atoms with Crippen molar-refractivity contribution < 1.29 is 0 Å². The fourth-order valence-electron chi connectivity index (χ4n) is 1.45. The predicted octanol–water partition coefficient (Wildman–Crippen LogP) is 1.10. The van der Waals surface area contributed by atoms with E-state index in [2.05, 4.69) is 12.1 Å². The summed E-state index contributed by atoms with van der Waals surface area (Å²) in [6.07, 6.45) is 0.664. The molecule has 0 fully saturated rings. The van der Waals surface area contributed by atoms with E-state index in [0.29, 0.717) is 18.5 Å². The molecule has 0 aromatic heterocycles. The van der Waals surface area contributed by atoms with Gasteiger partial charge in [-0.1, -0.05) is 6.07 Å². The van der Waals surface area contributed by atoms with E-state index in [0.717, 1.165) is 11.1 Å². The van der Waals surface area contributed by atoms with Crippen molar-refractivity contribution in [3.63, 3.8) is 0 Å². The zero-order chi connectivity index (χ0) is 11.5. The second kappa shape index (κ2) is 4.43. The second-order valence-electron chi connectivity index (χ2n) is 4.38. The molecule has 0 saturated carbocycles. The topological polar surface area (TPSA) is 75.8 Å². The molecule has 3 nitrogen and oxygen atoms in total. The van der Waals surface area contributed by atoms with Crippen molar-refractivity contribution in [2.45, 2.75) is 32.4 Å². The predicted molar refractivity (Wildman–Crippen MR) is 59.9 cm³/mol. The van der Waals surface area contributed by atoms with Gasteiger partial charge in [0.1, 0.15) is 0 Å². The highest BCUT2D eigenvalue weighted by molar-refractivity contribution is 5.40. The lowest BCUT2D eigenvalue weighted by atomic mass is 9.92. The molecule has 0 amide bonds. The largest absolute Gasteiger partial charge is 0.326 e. The van der Waals surface area contributed by atoms with Crippen LogP contribution in [0.1, 0.15) is 30.5 Å². The van der Waals surface area contributed by atoms with Gasteiger partial charge in [-0.3, -0.25) is 0 Å². The van der Waals surface area contributed by atoms with E-state index in [9.17, 15) is 0 Å². The Morgan fingerprint density at radius 2 is 2.20 bits per heavy atom. The lowest BCUT2D eigenvalue weighted by molar-refractivity contribution is 0.516. The van der Waals surface area contributed by atoms with Crippen LogP contribution in [0, 0.1) is 17.4 Å². The summed E-state index contributed by atoms with van der Waals surface area (Å²) in [4.78, 5) is 0. The van der Waals surface area contributed by atoms with Gasteiger partial charge in [-0.05, 0) is 43.5 Å². The standard InChI is InChI=1S/C12H16N3/c1-12(2,15)6-11-5-9(7-13)3-4-10(11)8-14/h4-5H,6-7,13,15H2,1-2H3. The van der Waals surface area contributed by atoms with E-state index in [1.165, 1.54) is 0 Å². The molecule has 0 aliphatic carbocycles. The van der Waals surface area contributed by atoms with Crippen LogP contribution in [0.5, 0.6) is 0 Å². The highest BCUT2D eigenvalue weighted by Crippen LogP contribution is 2.16. The first-order chi connectivity index (χ1) is 6.96. The van der Waals surface area contributed by atoms with Gasteiger partial charge >= 0.3 is 0 Å².